The molecule has 2 rings (SSSR count). The van der Waals surface area contributed by atoms with Crippen LogP contribution in [-0.4, -0.2) is 36.1 Å². The SMILES string of the molecule is CCNCC1CCCN(c2ncncc2Cl)C1. The van der Waals surface area contributed by atoms with Crippen molar-refractivity contribution in [1.82, 2.24) is 15.3 Å². The number of aromatic nitrogens is 2. The first kappa shape index (κ1) is 12.6. The van der Waals surface area contributed by atoms with Crippen LogP contribution in [0.2, 0.25) is 5.02 Å². The van der Waals surface area contributed by atoms with Crippen molar-refractivity contribution in [1.29, 1.82) is 0 Å². The normalized spacial score (nSPS) is 20.6. The lowest BCUT2D eigenvalue weighted by molar-refractivity contribution is 0.394. The highest BCUT2D eigenvalue weighted by atomic mass is 35.5. The number of nitrogens with one attached hydrogen (secondary N) is 1. The third kappa shape index (κ3) is 3.30. The Balaban J connectivity index is 1.99. The van der Waals surface area contributed by atoms with Gasteiger partial charge in [0.2, 0.25) is 0 Å². The Morgan fingerprint density at radius 3 is 3.24 bits per heavy atom. The first-order valence-corrected chi connectivity index (χ1v) is 6.60. The molecule has 1 saturated heterocycles. The summed E-state index contributed by atoms with van der Waals surface area (Å²) >= 11 is 6.13. The fourth-order valence-corrected chi connectivity index (χ4v) is 2.54. The second kappa shape index (κ2) is 6.17. The van der Waals surface area contributed by atoms with E-state index < -0.39 is 0 Å². The van der Waals surface area contributed by atoms with E-state index in [1.165, 1.54) is 12.8 Å². The molecule has 4 nitrogen and oxygen atoms in total. The molecule has 0 amide bonds. The van der Waals surface area contributed by atoms with E-state index in [4.69, 9.17) is 11.6 Å². The molecule has 1 fully saturated rings. The molecule has 0 aliphatic carbocycles. The Labute approximate surface area is 107 Å². The molecule has 1 unspecified atom stereocenters. The van der Waals surface area contributed by atoms with Gasteiger partial charge in [-0.2, -0.15) is 0 Å². The molecular formula is C12H19ClN4. The van der Waals surface area contributed by atoms with E-state index in [1.807, 2.05) is 0 Å². The Morgan fingerprint density at radius 1 is 1.59 bits per heavy atom. The molecule has 0 bridgehead atoms. The smallest absolute Gasteiger partial charge is 0.150 e. The minimum absolute atomic E-state index is 0.650. The summed E-state index contributed by atoms with van der Waals surface area (Å²) in [6.07, 6.45) is 5.72. The van der Waals surface area contributed by atoms with Crippen molar-refractivity contribution in [2.45, 2.75) is 19.8 Å². The van der Waals surface area contributed by atoms with Gasteiger partial charge in [-0.1, -0.05) is 18.5 Å². The lowest BCUT2D eigenvalue weighted by atomic mass is 9.98. The molecule has 0 saturated carbocycles. The van der Waals surface area contributed by atoms with Crippen molar-refractivity contribution in [2.75, 3.05) is 31.1 Å². The van der Waals surface area contributed by atoms with Crippen LogP contribution in [0.5, 0.6) is 0 Å². The van der Waals surface area contributed by atoms with Crippen LogP contribution in [0.25, 0.3) is 0 Å². The fraction of sp³-hybridized carbons (Fsp3) is 0.667. The van der Waals surface area contributed by atoms with Crippen molar-refractivity contribution in [2.24, 2.45) is 5.92 Å². The lowest BCUT2D eigenvalue weighted by Gasteiger charge is -2.33. The Bertz CT molecular complexity index is 358. The highest BCUT2D eigenvalue weighted by molar-refractivity contribution is 6.32. The molecule has 1 aliphatic rings. The van der Waals surface area contributed by atoms with Crippen molar-refractivity contribution in [3.8, 4) is 0 Å². The van der Waals surface area contributed by atoms with Gasteiger partial charge in [-0.15, -0.1) is 0 Å². The van der Waals surface area contributed by atoms with Gasteiger partial charge in [0, 0.05) is 13.1 Å². The zero-order chi connectivity index (χ0) is 12.1. The third-order valence-electron chi connectivity index (χ3n) is 3.15. The highest BCUT2D eigenvalue weighted by Crippen LogP contribution is 2.26. The van der Waals surface area contributed by atoms with Crippen LogP contribution in [0.4, 0.5) is 5.82 Å². The predicted octanol–water partition coefficient (Wildman–Crippen LogP) is 1.96. The van der Waals surface area contributed by atoms with Crippen LogP contribution in [0.1, 0.15) is 19.8 Å². The summed E-state index contributed by atoms with van der Waals surface area (Å²) in [4.78, 5) is 10.5. The molecule has 17 heavy (non-hydrogen) atoms. The number of piperidine rings is 1. The second-order valence-corrected chi connectivity index (χ2v) is 4.86. The molecule has 2 heterocycles. The van der Waals surface area contributed by atoms with E-state index in [1.54, 1.807) is 12.5 Å². The molecule has 0 aromatic carbocycles. The zero-order valence-electron chi connectivity index (χ0n) is 10.2. The number of rotatable bonds is 4. The summed E-state index contributed by atoms with van der Waals surface area (Å²) in [6.45, 7) is 6.32. The second-order valence-electron chi connectivity index (χ2n) is 4.46. The molecule has 1 aromatic rings. The Morgan fingerprint density at radius 2 is 2.47 bits per heavy atom. The van der Waals surface area contributed by atoms with Gasteiger partial charge in [-0.25, -0.2) is 9.97 Å². The maximum atomic E-state index is 6.13. The average Bonchev–Trinajstić information content (AvgIpc) is 2.37. The first-order chi connectivity index (χ1) is 8.31. The fourth-order valence-electron chi connectivity index (χ4n) is 2.31. The molecule has 1 aliphatic heterocycles. The molecule has 0 spiro atoms. The summed E-state index contributed by atoms with van der Waals surface area (Å²) in [6, 6.07) is 0. The largest absolute Gasteiger partial charge is 0.355 e. The molecule has 0 radical (unpaired) electrons. The molecule has 1 atom stereocenters. The van der Waals surface area contributed by atoms with E-state index in [2.05, 4.69) is 27.1 Å². The maximum Gasteiger partial charge on any atom is 0.150 e. The van der Waals surface area contributed by atoms with E-state index in [0.29, 0.717) is 10.9 Å². The van der Waals surface area contributed by atoms with Gasteiger partial charge in [-0.05, 0) is 31.8 Å². The number of nitrogens with zero attached hydrogens (tertiary/aromatic N) is 3. The topological polar surface area (TPSA) is 41.0 Å². The summed E-state index contributed by atoms with van der Waals surface area (Å²) in [5.41, 5.74) is 0. The highest BCUT2D eigenvalue weighted by Gasteiger charge is 2.21. The molecule has 5 heteroatoms. The first-order valence-electron chi connectivity index (χ1n) is 6.22. The summed E-state index contributed by atoms with van der Waals surface area (Å²) in [7, 11) is 0. The molecule has 94 valence electrons. The number of hydrogen-bond acceptors (Lipinski definition) is 4. The standard InChI is InChI=1S/C12H19ClN4/c1-2-14-6-10-4-3-5-17(8-10)12-11(13)7-15-9-16-12/h7,9-10,14H,2-6,8H2,1H3. The van der Waals surface area contributed by atoms with Gasteiger partial charge in [-0.3, -0.25) is 0 Å². The predicted molar refractivity (Wildman–Crippen MR) is 70.5 cm³/mol. The van der Waals surface area contributed by atoms with E-state index in [-0.39, 0.29) is 0 Å². The summed E-state index contributed by atoms with van der Waals surface area (Å²) < 4.78 is 0. The number of anilines is 1. The quantitative estimate of drug-likeness (QED) is 0.892. The monoisotopic (exact) mass is 254 g/mol. The van der Waals surface area contributed by atoms with Gasteiger partial charge in [0.25, 0.3) is 0 Å². The Kier molecular flexibility index (Phi) is 4.57. The van der Waals surface area contributed by atoms with Crippen molar-refractivity contribution >= 4 is 17.4 Å². The van der Waals surface area contributed by atoms with Crippen LogP contribution in [-0.2, 0) is 0 Å². The summed E-state index contributed by atoms with van der Waals surface area (Å²) in [5, 5.41) is 4.06. The van der Waals surface area contributed by atoms with E-state index in [0.717, 1.165) is 32.0 Å². The van der Waals surface area contributed by atoms with Gasteiger partial charge in [0.05, 0.1) is 6.20 Å². The van der Waals surface area contributed by atoms with Crippen LogP contribution in [0.3, 0.4) is 0 Å². The van der Waals surface area contributed by atoms with Crippen LogP contribution >= 0.6 is 11.6 Å². The third-order valence-corrected chi connectivity index (χ3v) is 3.42. The molecular weight excluding hydrogens is 236 g/mol. The van der Waals surface area contributed by atoms with Gasteiger partial charge >= 0.3 is 0 Å². The minimum Gasteiger partial charge on any atom is -0.355 e. The van der Waals surface area contributed by atoms with Crippen LogP contribution in [0.15, 0.2) is 12.5 Å². The number of hydrogen-bond donors (Lipinski definition) is 1. The molecule has 1 N–H and O–H groups in total. The molecule has 1 aromatic heterocycles. The van der Waals surface area contributed by atoms with Crippen molar-refractivity contribution in [3.63, 3.8) is 0 Å². The lowest BCUT2D eigenvalue weighted by Crippen LogP contribution is -2.40. The zero-order valence-corrected chi connectivity index (χ0v) is 11.0. The van der Waals surface area contributed by atoms with Gasteiger partial charge in [0.15, 0.2) is 5.82 Å². The van der Waals surface area contributed by atoms with Gasteiger partial charge in [0.1, 0.15) is 11.3 Å². The van der Waals surface area contributed by atoms with Crippen molar-refractivity contribution < 1.29 is 0 Å². The Hall–Kier alpha value is -0.870. The van der Waals surface area contributed by atoms with E-state index in [9.17, 15) is 0 Å². The van der Waals surface area contributed by atoms with Crippen LogP contribution < -0.4 is 10.2 Å². The summed E-state index contributed by atoms with van der Waals surface area (Å²) in [5.74, 6) is 1.57. The van der Waals surface area contributed by atoms with Crippen LogP contribution in [0, 0.1) is 5.92 Å². The average molecular weight is 255 g/mol. The number of halogens is 1. The minimum atomic E-state index is 0.650. The van der Waals surface area contributed by atoms with Crippen molar-refractivity contribution in [3.05, 3.63) is 17.5 Å². The van der Waals surface area contributed by atoms with Gasteiger partial charge < -0.3 is 10.2 Å². The maximum absolute atomic E-state index is 6.13. The van der Waals surface area contributed by atoms with E-state index >= 15 is 0 Å².